The van der Waals surface area contributed by atoms with Gasteiger partial charge in [-0.05, 0) is 105 Å². The number of nitrogens with one attached hydrogen (secondary N) is 1. The van der Waals surface area contributed by atoms with Crippen LogP contribution in [0.4, 0.5) is 18.9 Å². The fraction of sp³-hybridized carbons (Fsp3) is 0.545. The van der Waals surface area contributed by atoms with E-state index in [0.29, 0.717) is 36.0 Å². The van der Waals surface area contributed by atoms with Crippen LogP contribution in [0.25, 0.3) is 0 Å². The van der Waals surface area contributed by atoms with E-state index >= 15 is 0 Å². The van der Waals surface area contributed by atoms with Crippen LogP contribution in [0.2, 0.25) is 5.02 Å². The van der Waals surface area contributed by atoms with Crippen LogP contribution in [0.15, 0.2) is 48.6 Å². The Balaban J connectivity index is 1.47. The lowest BCUT2D eigenvalue weighted by Crippen LogP contribution is -2.58. The number of hydrogen-bond donors (Lipinski definition) is 2. The van der Waals surface area contributed by atoms with E-state index in [1.807, 2.05) is 23.1 Å². The van der Waals surface area contributed by atoms with Crippen molar-refractivity contribution in [1.29, 1.82) is 0 Å². The molecule has 0 radical (unpaired) electrons. The van der Waals surface area contributed by atoms with Crippen LogP contribution in [-0.2, 0) is 21.9 Å². The number of sulfonamides is 1. The Morgan fingerprint density at radius 2 is 1.91 bits per heavy atom. The normalized spacial score (nSPS) is 33.9. The second kappa shape index (κ2) is 11.5. The Labute approximate surface area is 266 Å². The summed E-state index contributed by atoms with van der Waals surface area (Å²) < 4.78 is 78.7. The highest BCUT2D eigenvalue weighted by Gasteiger charge is 2.61. The van der Waals surface area contributed by atoms with Gasteiger partial charge in [-0.1, -0.05) is 30.7 Å². The molecule has 4 aliphatic rings. The van der Waals surface area contributed by atoms with Gasteiger partial charge in [0.2, 0.25) is 10.0 Å². The van der Waals surface area contributed by atoms with Crippen LogP contribution in [0.3, 0.4) is 0 Å². The second-order valence-electron chi connectivity index (χ2n) is 13.4. The summed E-state index contributed by atoms with van der Waals surface area (Å²) in [5.74, 6) is -2.55. The predicted molar refractivity (Wildman–Crippen MR) is 166 cm³/mol. The molecule has 1 fully saturated rings. The number of rotatable bonds is 0. The number of nitrogens with zero attached hydrogens (tertiary/aromatic N) is 1. The molecule has 0 saturated heterocycles. The zero-order valence-electron chi connectivity index (χ0n) is 25.2. The number of fused-ring (bicyclic) bond motifs is 4. The molecular weight excluding hydrogens is 629 g/mol. The van der Waals surface area contributed by atoms with E-state index in [-0.39, 0.29) is 24.9 Å². The number of allylic oxidation sites excluding steroid dienone is 1. The van der Waals surface area contributed by atoms with E-state index in [1.165, 1.54) is 19.1 Å². The highest BCUT2D eigenvalue weighted by molar-refractivity contribution is 7.90. The molecule has 12 heteroatoms. The molecule has 2 aliphatic carbocycles. The lowest BCUT2D eigenvalue weighted by atomic mass is 9.63. The molecule has 1 amide bonds. The quantitative estimate of drug-likeness (QED) is 0.327. The molecule has 2 heterocycles. The summed E-state index contributed by atoms with van der Waals surface area (Å²) in [6.07, 6.45) is 0.257. The molecule has 6 atom stereocenters. The van der Waals surface area contributed by atoms with Crippen molar-refractivity contribution in [3.05, 3.63) is 70.3 Å². The first-order chi connectivity index (χ1) is 21.1. The van der Waals surface area contributed by atoms with Gasteiger partial charge in [-0.25, -0.2) is 13.1 Å². The fourth-order valence-corrected chi connectivity index (χ4v) is 9.05. The minimum absolute atomic E-state index is 0.0275. The molecule has 1 spiro atoms. The number of aliphatic hydroxyl groups is 1. The van der Waals surface area contributed by atoms with E-state index in [9.17, 15) is 31.5 Å². The average Bonchev–Trinajstić information content (AvgIpc) is 3.10. The first-order valence-corrected chi connectivity index (χ1v) is 17.4. The molecule has 2 aromatic carbocycles. The molecule has 244 valence electrons. The largest absolute Gasteiger partial charge is 0.490 e. The molecule has 2 aliphatic heterocycles. The maximum absolute atomic E-state index is 14.6. The summed E-state index contributed by atoms with van der Waals surface area (Å²) >= 11 is 6.34. The smallest absolute Gasteiger partial charge is 0.421 e. The van der Waals surface area contributed by atoms with Crippen molar-refractivity contribution >= 4 is 33.2 Å². The zero-order chi connectivity index (χ0) is 32.4. The average molecular weight is 667 g/mol. The standard InChI is InChI=1S/C33H38ClF3N2O5S/c1-20-5-3-14-32(41,33(35,36)37)27-10-7-24(27)17-39-18-31(13-4-6-22-15-25(34)9-11-26(22)31)19-44-29-12-8-23(16-28(29)39)30(40)38-45(42,43)21(20)2/h3,8-9,11-12,14-16,20-21,24,27,41H,4-7,10,13,17-19H2,1-2H3,(H,38,40)/b14-3-/t20-,21+,24-,27+,31-,32-/m0/s1. The molecule has 0 unspecified atom stereocenters. The molecule has 1 saturated carbocycles. The molecule has 2 bridgehead atoms. The van der Waals surface area contributed by atoms with Crippen molar-refractivity contribution in [3.8, 4) is 5.75 Å². The van der Waals surface area contributed by atoms with Crippen LogP contribution in [0, 0.1) is 17.8 Å². The molecule has 0 aromatic heterocycles. The summed E-state index contributed by atoms with van der Waals surface area (Å²) in [5, 5.41) is 10.8. The highest BCUT2D eigenvalue weighted by Crippen LogP contribution is 2.52. The third-order valence-electron chi connectivity index (χ3n) is 10.6. The Kier molecular flexibility index (Phi) is 8.22. The summed E-state index contributed by atoms with van der Waals surface area (Å²) in [4.78, 5) is 15.3. The van der Waals surface area contributed by atoms with Crippen LogP contribution in [0.1, 0.15) is 67.4 Å². The van der Waals surface area contributed by atoms with Crippen LogP contribution in [0.5, 0.6) is 5.75 Å². The van der Waals surface area contributed by atoms with Gasteiger partial charge in [-0.2, -0.15) is 13.2 Å². The number of carbonyl (C=O) groups excluding carboxylic acids is 1. The zero-order valence-corrected chi connectivity index (χ0v) is 26.8. The van der Waals surface area contributed by atoms with Crippen LogP contribution >= 0.6 is 11.6 Å². The van der Waals surface area contributed by atoms with Gasteiger partial charge in [0.05, 0.1) is 17.5 Å². The van der Waals surface area contributed by atoms with Gasteiger partial charge >= 0.3 is 6.18 Å². The van der Waals surface area contributed by atoms with Gasteiger partial charge in [0.1, 0.15) is 5.75 Å². The van der Waals surface area contributed by atoms with Crippen molar-refractivity contribution in [2.45, 2.75) is 74.8 Å². The molecule has 2 aromatic rings. The Hall–Kier alpha value is -2.76. The van der Waals surface area contributed by atoms with Crippen molar-refractivity contribution in [2.24, 2.45) is 17.8 Å². The molecule has 6 rings (SSSR count). The van der Waals surface area contributed by atoms with E-state index in [0.717, 1.165) is 36.5 Å². The van der Waals surface area contributed by atoms with Gasteiger partial charge in [-0.15, -0.1) is 0 Å². The number of ether oxygens (including phenoxy) is 1. The lowest BCUT2D eigenvalue weighted by molar-refractivity contribution is -0.273. The van der Waals surface area contributed by atoms with Gasteiger partial charge in [0.25, 0.3) is 5.91 Å². The van der Waals surface area contributed by atoms with Gasteiger partial charge in [0.15, 0.2) is 5.60 Å². The van der Waals surface area contributed by atoms with Gasteiger partial charge in [-0.3, -0.25) is 4.79 Å². The lowest BCUT2D eigenvalue weighted by Gasteiger charge is -2.49. The van der Waals surface area contributed by atoms with E-state index in [4.69, 9.17) is 16.3 Å². The highest BCUT2D eigenvalue weighted by atomic mass is 35.5. The monoisotopic (exact) mass is 666 g/mol. The minimum Gasteiger partial charge on any atom is -0.490 e. The number of amides is 1. The second-order valence-corrected chi connectivity index (χ2v) is 15.8. The topological polar surface area (TPSA) is 95.9 Å². The maximum atomic E-state index is 14.6. The number of halogens is 4. The predicted octanol–water partition coefficient (Wildman–Crippen LogP) is 6.18. The van der Waals surface area contributed by atoms with Gasteiger partial charge in [0, 0.05) is 35.0 Å². The number of anilines is 1. The van der Waals surface area contributed by atoms with Crippen LogP contribution < -0.4 is 14.4 Å². The third kappa shape index (κ3) is 5.73. The Bertz CT molecular complexity index is 1630. The third-order valence-corrected chi connectivity index (χ3v) is 12.7. The molecule has 45 heavy (non-hydrogen) atoms. The summed E-state index contributed by atoms with van der Waals surface area (Å²) in [5.41, 5.74) is -0.795. The first-order valence-electron chi connectivity index (χ1n) is 15.5. The SMILES string of the molecule is C[C@@H]1[C@@H](C)C/C=C\[C@@](O)(C(F)(F)F)[C@@H]2CC[C@H]2CN2C[C@@]3(CCCc4cc(Cl)ccc43)COc3ccc(cc32)C(=O)NS1(=O)=O. The first kappa shape index (κ1) is 32.2. The van der Waals surface area contributed by atoms with Crippen molar-refractivity contribution in [2.75, 3.05) is 24.6 Å². The Morgan fingerprint density at radius 1 is 1.13 bits per heavy atom. The number of benzene rings is 2. The molecular formula is C33H38ClF3N2O5S. The van der Waals surface area contributed by atoms with E-state index in [2.05, 4.69) is 4.72 Å². The van der Waals surface area contributed by atoms with Crippen molar-refractivity contribution < 1.29 is 36.2 Å². The van der Waals surface area contributed by atoms with Crippen molar-refractivity contribution in [3.63, 3.8) is 0 Å². The molecule has 2 N–H and O–H groups in total. The van der Waals surface area contributed by atoms with Crippen LogP contribution in [-0.4, -0.2) is 56.2 Å². The fourth-order valence-electron chi connectivity index (χ4n) is 7.57. The van der Waals surface area contributed by atoms with E-state index < -0.39 is 56.1 Å². The van der Waals surface area contributed by atoms with Crippen molar-refractivity contribution in [1.82, 2.24) is 4.72 Å². The number of aryl methyl sites for hydroxylation is 1. The van der Waals surface area contributed by atoms with Gasteiger partial charge < -0.3 is 14.7 Å². The number of carbonyl (C=O) groups is 1. The van der Waals surface area contributed by atoms with E-state index in [1.54, 1.807) is 19.1 Å². The summed E-state index contributed by atoms with van der Waals surface area (Å²) in [6.45, 7) is 3.90. The molecule has 7 nitrogen and oxygen atoms in total. The maximum Gasteiger partial charge on any atom is 0.421 e. The number of hydrogen-bond acceptors (Lipinski definition) is 6. The summed E-state index contributed by atoms with van der Waals surface area (Å²) in [6, 6.07) is 10.5. The summed E-state index contributed by atoms with van der Waals surface area (Å²) in [7, 11) is -4.18. The Morgan fingerprint density at radius 3 is 2.62 bits per heavy atom. The number of alkyl halides is 3. The minimum atomic E-state index is -4.93.